The zero-order valence-electron chi connectivity index (χ0n) is 8.90. The first kappa shape index (κ1) is 12.4. The second-order valence-corrected chi connectivity index (χ2v) is 3.23. The van der Waals surface area contributed by atoms with Crippen LogP contribution in [-0.2, 0) is 4.74 Å². The van der Waals surface area contributed by atoms with E-state index in [1.165, 1.54) is 19.4 Å². The van der Waals surface area contributed by atoms with Crippen LogP contribution in [0.2, 0.25) is 0 Å². The number of aromatic amines is 1. The van der Waals surface area contributed by atoms with E-state index in [9.17, 15) is 14.7 Å². The Morgan fingerprint density at radius 2 is 2.44 bits per heavy atom. The van der Waals surface area contributed by atoms with Crippen molar-refractivity contribution in [3.05, 3.63) is 34.2 Å². The van der Waals surface area contributed by atoms with Crippen molar-refractivity contribution >= 4 is 5.91 Å². The van der Waals surface area contributed by atoms with Gasteiger partial charge in [-0.3, -0.25) is 9.59 Å². The van der Waals surface area contributed by atoms with Gasteiger partial charge < -0.3 is 20.1 Å². The Morgan fingerprint density at radius 3 is 3.06 bits per heavy atom. The minimum absolute atomic E-state index is 0.0205. The molecule has 0 bridgehead atoms. The maximum Gasteiger partial charge on any atom is 0.260 e. The number of aliphatic hydroxyl groups excluding tert-OH is 1. The molecule has 0 saturated carbocycles. The number of amides is 1. The van der Waals surface area contributed by atoms with E-state index in [-0.39, 0.29) is 18.7 Å². The number of aromatic nitrogens is 1. The lowest BCUT2D eigenvalue weighted by molar-refractivity contribution is 0.0609. The first-order valence-electron chi connectivity index (χ1n) is 4.78. The molecule has 0 aromatic carbocycles. The number of hydrogen-bond donors (Lipinski definition) is 3. The largest absolute Gasteiger partial charge is 0.389 e. The van der Waals surface area contributed by atoms with Gasteiger partial charge in [0.25, 0.3) is 11.5 Å². The van der Waals surface area contributed by atoms with E-state index >= 15 is 0 Å². The van der Waals surface area contributed by atoms with Gasteiger partial charge in [-0.2, -0.15) is 0 Å². The number of H-pyrrole nitrogens is 1. The Morgan fingerprint density at radius 1 is 1.69 bits per heavy atom. The fraction of sp³-hybridized carbons (Fsp3) is 0.400. The van der Waals surface area contributed by atoms with Crippen molar-refractivity contribution in [2.24, 2.45) is 0 Å². The summed E-state index contributed by atoms with van der Waals surface area (Å²) in [5.41, 5.74) is -0.437. The summed E-state index contributed by atoms with van der Waals surface area (Å²) in [6.45, 7) is 0.173. The maximum atomic E-state index is 11.5. The Kier molecular flexibility index (Phi) is 4.68. The van der Waals surface area contributed by atoms with E-state index in [0.717, 1.165) is 0 Å². The molecule has 1 unspecified atom stereocenters. The third-order valence-electron chi connectivity index (χ3n) is 1.92. The highest BCUT2D eigenvalue weighted by Gasteiger charge is 2.11. The van der Waals surface area contributed by atoms with E-state index in [1.54, 1.807) is 6.07 Å². The monoisotopic (exact) mass is 226 g/mol. The van der Waals surface area contributed by atoms with E-state index in [0.29, 0.717) is 0 Å². The molecule has 1 aromatic rings. The van der Waals surface area contributed by atoms with Crippen LogP contribution in [0.1, 0.15) is 10.4 Å². The summed E-state index contributed by atoms with van der Waals surface area (Å²) in [7, 11) is 1.45. The maximum absolute atomic E-state index is 11.5. The third-order valence-corrected chi connectivity index (χ3v) is 1.92. The number of ether oxygens (including phenoxy) is 1. The second kappa shape index (κ2) is 6.04. The molecule has 3 N–H and O–H groups in total. The van der Waals surface area contributed by atoms with Gasteiger partial charge >= 0.3 is 0 Å². The van der Waals surface area contributed by atoms with Gasteiger partial charge in [-0.15, -0.1) is 0 Å². The number of methoxy groups -OCH3 is 1. The van der Waals surface area contributed by atoms with Gasteiger partial charge in [-0.25, -0.2) is 0 Å². The molecule has 1 rings (SSSR count). The van der Waals surface area contributed by atoms with Crippen LogP contribution < -0.4 is 10.9 Å². The number of rotatable bonds is 5. The molecule has 0 aliphatic rings. The number of nitrogens with one attached hydrogen (secondary N) is 2. The van der Waals surface area contributed by atoms with Crippen LogP contribution in [0.4, 0.5) is 0 Å². The van der Waals surface area contributed by atoms with Crippen molar-refractivity contribution < 1.29 is 14.6 Å². The first-order chi connectivity index (χ1) is 7.65. The molecule has 1 heterocycles. The van der Waals surface area contributed by atoms with Crippen LogP contribution in [0.25, 0.3) is 0 Å². The molecule has 0 spiro atoms. The molecule has 0 aliphatic carbocycles. The average molecular weight is 226 g/mol. The molecule has 0 fully saturated rings. The van der Waals surface area contributed by atoms with Gasteiger partial charge in [0.1, 0.15) is 5.56 Å². The predicted octanol–water partition coefficient (Wildman–Crippen LogP) is -0.888. The second-order valence-electron chi connectivity index (χ2n) is 3.23. The van der Waals surface area contributed by atoms with Crippen molar-refractivity contribution in [2.75, 3.05) is 20.3 Å². The van der Waals surface area contributed by atoms with Gasteiger partial charge in [-0.1, -0.05) is 0 Å². The van der Waals surface area contributed by atoms with E-state index < -0.39 is 17.6 Å². The lowest BCUT2D eigenvalue weighted by atomic mass is 10.2. The van der Waals surface area contributed by atoms with Crippen LogP contribution in [0.15, 0.2) is 23.1 Å². The molecule has 1 aromatic heterocycles. The minimum Gasteiger partial charge on any atom is -0.389 e. The molecule has 1 amide bonds. The van der Waals surface area contributed by atoms with Crippen molar-refractivity contribution in [3.63, 3.8) is 0 Å². The number of aliphatic hydroxyl groups is 1. The quantitative estimate of drug-likeness (QED) is 0.607. The molecule has 0 saturated heterocycles. The summed E-state index contributed by atoms with van der Waals surface area (Å²) in [6, 6.07) is 2.97. The summed E-state index contributed by atoms with van der Waals surface area (Å²) in [6.07, 6.45) is 0.663. The summed E-state index contributed by atoms with van der Waals surface area (Å²) in [4.78, 5) is 25.1. The van der Waals surface area contributed by atoms with Gasteiger partial charge in [-0.05, 0) is 12.1 Å². The van der Waals surface area contributed by atoms with E-state index in [4.69, 9.17) is 4.74 Å². The molecule has 6 nitrogen and oxygen atoms in total. The smallest absolute Gasteiger partial charge is 0.260 e. The number of hydrogen-bond acceptors (Lipinski definition) is 4. The van der Waals surface area contributed by atoms with Crippen molar-refractivity contribution in [1.82, 2.24) is 10.3 Å². The third kappa shape index (κ3) is 3.48. The predicted molar refractivity (Wildman–Crippen MR) is 57.3 cm³/mol. The molecule has 88 valence electrons. The minimum atomic E-state index is -0.781. The van der Waals surface area contributed by atoms with Crippen LogP contribution in [-0.4, -0.2) is 42.4 Å². The Hall–Kier alpha value is -1.66. The van der Waals surface area contributed by atoms with Crippen LogP contribution in [0, 0.1) is 0 Å². The fourth-order valence-corrected chi connectivity index (χ4v) is 1.16. The highest BCUT2D eigenvalue weighted by Crippen LogP contribution is 1.89. The molecule has 16 heavy (non-hydrogen) atoms. The van der Waals surface area contributed by atoms with Crippen molar-refractivity contribution in [2.45, 2.75) is 6.10 Å². The van der Waals surface area contributed by atoms with E-state index in [1.807, 2.05) is 0 Å². The molecule has 0 aliphatic heterocycles. The van der Waals surface area contributed by atoms with Gasteiger partial charge in [0, 0.05) is 19.9 Å². The molecule has 1 atom stereocenters. The summed E-state index contributed by atoms with van der Waals surface area (Å²) in [5.74, 6) is -0.517. The molecular formula is C10H14N2O4. The molecule has 6 heteroatoms. The number of pyridine rings is 1. The fourth-order valence-electron chi connectivity index (χ4n) is 1.16. The highest BCUT2D eigenvalue weighted by atomic mass is 16.5. The Bertz CT molecular complexity index is 402. The number of carbonyl (C=O) groups excluding carboxylic acids is 1. The lowest BCUT2D eigenvalue weighted by Crippen LogP contribution is -2.36. The topological polar surface area (TPSA) is 91.4 Å². The zero-order chi connectivity index (χ0) is 12.0. The first-order valence-corrected chi connectivity index (χ1v) is 4.78. The van der Waals surface area contributed by atoms with Crippen molar-refractivity contribution in [3.8, 4) is 0 Å². The Balaban J connectivity index is 2.54. The normalized spacial score (nSPS) is 12.1. The lowest BCUT2D eigenvalue weighted by Gasteiger charge is -2.10. The summed E-state index contributed by atoms with van der Waals surface area (Å²) in [5, 5.41) is 11.7. The van der Waals surface area contributed by atoms with E-state index in [2.05, 4.69) is 10.3 Å². The summed E-state index contributed by atoms with van der Waals surface area (Å²) < 4.78 is 4.70. The van der Waals surface area contributed by atoms with Gasteiger partial charge in [0.15, 0.2) is 0 Å². The Labute approximate surface area is 92.3 Å². The SMILES string of the molecule is COCC(O)CNC(=O)c1ccc[nH]c1=O. The molecular weight excluding hydrogens is 212 g/mol. The van der Waals surface area contributed by atoms with Gasteiger partial charge in [0.2, 0.25) is 0 Å². The number of carbonyl (C=O) groups is 1. The average Bonchev–Trinajstić information content (AvgIpc) is 2.27. The highest BCUT2D eigenvalue weighted by molar-refractivity contribution is 5.93. The standard InChI is InChI=1S/C10H14N2O4/c1-16-6-7(13)5-12-10(15)8-3-2-4-11-9(8)14/h2-4,7,13H,5-6H2,1H3,(H,11,14)(H,12,15). The van der Waals surface area contributed by atoms with Crippen LogP contribution >= 0.6 is 0 Å². The molecule has 0 radical (unpaired) electrons. The van der Waals surface area contributed by atoms with Crippen molar-refractivity contribution in [1.29, 1.82) is 0 Å². The summed E-state index contributed by atoms with van der Waals surface area (Å²) >= 11 is 0. The zero-order valence-corrected chi connectivity index (χ0v) is 8.90. The van der Waals surface area contributed by atoms with Crippen LogP contribution in [0.5, 0.6) is 0 Å². The van der Waals surface area contributed by atoms with Crippen LogP contribution in [0.3, 0.4) is 0 Å². The van der Waals surface area contributed by atoms with Gasteiger partial charge in [0.05, 0.1) is 12.7 Å².